The second-order valence-corrected chi connectivity index (χ2v) is 4.97. The van der Waals surface area contributed by atoms with Crippen molar-refractivity contribution < 1.29 is 0 Å². The van der Waals surface area contributed by atoms with Crippen molar-refractivity contribution in [2.24, 2.45) is 5.73 Å². The Labute approximate surface area is 95.0 Å². The van der Waals surface area contributed by atoms with Crippen LogP contribution < -0.4 is 5.73 Å². The largest absolute Gasteiger partial charge is 0.324 e. The minimum Gasteiger partial charge on any atom is -0.324 e. The van der Waals surface area contributed by atoms with Gasteiger partial charge in [-0.2, -0.15) is 0 Å². The van der Waals surface area contributed by atoms with Gasteiger partial charge >= 0.3 is 0 Å². The van der Waals surface area contributed by atoms with E-state index in [9.17, 15) is 0 Å². The first-order valence-electron chi connectivity index (χ1n) is 5.03. The van der Waals surface area contributed by atoms with E-state index >= 15 is 0 Å². The van der Waals surface area contributed by atoms with E-state index in [1.165, 1.54) is 0 Å². The van der Waals surface area contributed by atoms with Crippen molar-refractivity contribution in [1.29, 1.82) is 0 Å². The maximum Gasteiger partial charge on any atom is 0.192 e. The molecule has 0 aromatic carbocycles. The molecule has 4 nitrogen and oxygen atoms in total. The van der Waals surface area contributed by atoms with E-state index in [0.29, 0.717) is 17.8 Å². The first kappa shape index (κ1) is 12.3. The van der Waals surface area contributed by atoms with E-state index in [1.807, 2.05) is 6.08 Å². The topological polar surface area (TPSA) is 56.7 Å². The van der Waals surface area contributed by atoms with Gasteiger partial charge in [0, 0.05) is 11.3 Å². The van der Waals surface area contributed by atoms with E-state index < -0.39 is 0 Å². The van der Waals surface area contributed by atoms with Crippen molar-refractivity contribution in [3.63, 3.8) is 0 Å². The minimum absolute atomic E-state index is 0.331. The van der Waals surface area contributed by atoms with Crippen LogP contribution in [0.1, 0.15) is 32.6 Å². The van der Waals surface area contributed by atoms with Crippen LogP contribution in [0.2, 0.25) is 0 Å². The van der Waals surface area contributed by atoms with Gasteiger partial charge in [-0.25, -0.2) is 0 Å². The fraction of sp³-hybridized carbons (Fsp3) is 0.600. The smallest absolute Gasteiger partial charge is 0.192 e. The lowest BCUT2D eigenvalue weighted by molar-refractivity contribution is 0.526. The fourth-order valence-electron chi connectivity index (χ4n) is 1.26. The van der Waals surface area contributed by atoms with Crippen LogP contribution >= 0.6 is 11.8 Å². The summed E-state index contributed by atoms with van der Waals surface area (Å²) in [7, 11) is 0. The fourth-order valence-corrected chi connectivity index (χ4v) is 2.21. The average molecular weight is 226 g/mol. The van der Waals surface area contributed by atoms with Crippen LogP contribution in [0.15, 0.2) is 17.8 Å². The summed E-state index contributed by atoms with van der Waals surface area (Å²) in [6, 6.07) is 0.332. The van der Waals surface area contributed by atoms with Crippen molar-refractivity contribution >= 4 is 11.8 Å². The molecule has 15 heavy (non-hydrogen) atoms. The number of hydrogen-bond acceptors (Lipinski definition) is 4. The molecule has 84 valence electrons. The van der Waals surface area contributed by atoms with Crippen molar-refractivity contribution in [3.8, 4) is 0 Å². The van der Waals surface area contributed by atoms with Crippen molar-refractivity contribution in [2.45, 2.75) is 43.8 Å². The molecule has 0 fully saturated rings. The van der Waals surface area contributed by atoms with Gasteiger partial charge in [0.25, 0.3) is 0 Å². The number of hydrogen-bond donors (Lipinski definition) is 1. The molecule has 0 radical (unpaired) electrons. The first-order chi connectivity index (χ1) is 7.10. The van der Waals surface area contributed by atoms with Gasteiger partial charge in [-0.1, -0.05) is 17.8 Å². The Hall–Kier alpha value is -0.810. The van der Waals surface area contributed by atoms with E-state index in [0.717, 1.165) is 11.0 Å². The lowest BCUT2D eigenvalue weighted by Gasteiger charge is -2.13. The summed E-state index contributed by atoms with van der Waals surface area (Å²) >= 11 is 1.65. The number of rotatable bonds is 5. The molecule has 0 amide bonds. The van der Waals surface area contributed by atoms with Crippen molar-refractivity contribution in [1.82, 2.24) is 14.8 Å². The number of thioether (sulfide) groups is 1. The Balaban J connectivity index is 2.96. The zero-order valence-electron chi connectivity index (χ0n) is 9.47. The molecule has 0 aliphatic rings. The third kappa shape index (κ3) is 2.82. The molecule has 0 aliphatic carbocycles. The molecule has 0 saturated carbocycles. The highest BCUT2D eigenvalue weighted by Gasteiger charge is 2.15. The maximum atomic E-state index is 5.61. The summed E-state index contributed by atoms with van der Waals surface area (Å²) in [5.74, 6) is 0.837. The highest BCUT2D eigenvalue weighted by atomic mass is 32.2. The SMILES string of the molecule is C=CC(C)Sc1nnc(CN)n1C(C)C. The van der Waals surface area contributed by atoms with Crippen LogP contribution in [-0.4, -0.2) is 20.0 Å². The van der Waals surface area contributed by atoms with Gasteiger partial charge in [0.1, 0.15) is 5.82 Å². The second kappa shape index (κ2) is 5.32. The van der Waals surface area contributed by atoms with Gasteiger partial charge in [-0.3, -0.25) is 0 Å². The highest BCUT2D eigenvalue weighted by molar-refractivity contribution is 7.99. The summed E-state index contributed by atoms with van der Waals surface area (Å²) < 4.78 is 2.07. The van der Waals surface area contributed by atoms with Crippen LogP contribution in [0, 0.1) is 0 Å². The molecular formula is C10H18N4S. The monoisotopic (exact) mass is 226 g/mol. The van der Waals surface area contributed by atoms with E-state index in [4.69, 9.17) is 5.73 Å². The molecule has 0 saturated heterocycles. The summed E-state index contributed by atoms with van der Waals surface area (Å²) in [5.41, 5.74) is 5.61. The lowest BCUT2D eigenvalue weighted by atomic mass is 10.4. The average Bonchev–Trinajstić information content (AvgIpc) is 2.60. The van der Waals surface area contributed by atoms with Crippen LogP contribution in [0.3, 0.4) is 0 Å². The molecule has 1 aromatic heterocycles. The molecule has 1 atom stereocenters. The summed E-state index contributed by atoms with van der Waals surface area (Å²) in [4.78, 5) is 0. The molecule has 1 aromatic rings. The van der Waals surface area contributed by atoms with Crippen LogP contribution in [0.4, 0.5) is 0 Å². The molecule has 5 heteroatoms. The molecule has 0 bridgehead atoms. The summed E-state index contributed by atoms with van der Waals surface area (Å²) in [5, 5.41) is 9.47. The van der Waals surface area contributed by atoms with Gasteiger partial charge in [0.2, 0.25) is 0 Å². The molecule has 0 aliphatic heterocycles. The van der Waals surface area contributed by atoms with E-state index in [2.05, 4.69) is 42.1 Å². The van der Waals surface area contributed by atoms with Crippen LogP contribution in [-0.2, 0) is 6.54 Å². The molecule has 1 rings (SSSR count). The first-order valence-corrected chi connectivity index (χ1v) is 5.91. The van der Waals surface area contributed by atoms with Crippen molar-refractivity contribution in [3.05, 3.63) is 18.5 Å². The number of nitrogens with two attached hydrogens (primary N) is 1. The Morgan fingerprint density at radius 3 is 2.60 bits per heavy atom. The van der Waals surface area contributed by atoms with Gasteiger partial charge in [0.05, 0.1) is 6.54 Å². The Kier molecular flexibility index (Phi) is 4.35. The second-order valence-electron chi connectivity index (χ2n) is 3.63. The molecule has 1 heterocycles. The quantitative estimate of drug-likeness (QED) is 0.616. The zero-order valence-corrected chi connectivity index (χ0v) is 10.3. The summed E-state index contributed by atoms with van der Waals surface area (Å²) in [6.07, 6.45) is 1.89. The van der Waals surface area contributed by atoms with Crippen molar-refractivity contribution in [2.75, 3.05) is 0 Å². The Morgan fingerprint density at radius 1 is 1.47 bits per heavy atom. The maximum absolute atomic E-state index is 5.61. The molecule has 0 spiro atoms. The normalized spacial score (nSPS) is 13.1. The van der Waals surface area contributed by atoms with E-state index in [-0.39, 0.29) is 0 Å². The molecule has 2 N–H and O–H groups in total. The van der Waals surface area contributed by atoms with Gasteiger partial charge in [-0.05, 0) is 20.8 Å². The van der Waals surface area contributed by atoms with Crippen LogP contribution in [0.25, 0.3) is 0 Å². The number of nitrogens with zero attached hydrogens (tertiary/aromatic N) is 3. The predicted octanol–water partition coefficient (Wildman–Crippen LogP) is 1.98. The lowest BCUT2D eigenvalue weighted by Crippen LogP contribution is -2.11. The van der Waals surface area contributed by atoms with Gasteiger partial charge in [-0.15, -0.1) is 16.8 Å². The Bertz CT molecular complexity index is 332. The van der Waals surface area contributed by atoms with Crippen LogP contribution in [0.5, 0.6) is 0 Å². The van der Waals surface area contributed by atoms with Gasteiger partial charge in [0.15, 0.2) is 5.16 Å². The third-order valence-corrected chi connectivity index (χ3v) is 3.11. The standard InChI is InChI=1S/C10H18N4S/c1-5-8(4)15-10-13-12-9(6-11)14(10)7(2)3/h5,7-8H,1,6,11H2,2-4H3. The van der Waals surface area contributed by atoms with E-state index in [1.54, 1.807) is 11.8 Å². The minimum atomic E-state index is 0.331. The third-order valence-electron chi connectivity index (χ3n) is 2.06. The molecular weight excluding hydrogens is 208 g/mol. The molecule has 1 unspecified atom stereocenters. The van der Waals surface area contributed by atoms with Gasteiger partial charge < -0.3 is 10.3 Å². The Morgan fingerprint density at radius 2 is 2.13 bits per heavy atom. The zero-order chi connectivity index (χ0) is 11.4. The summed E-state index contributed by atoms with van der Waals surface area (Å²) in [6.45, 7) is 10.5. The highest BCUT2D eigenvalue weighted by Crippen LogP contribution is 2.25. The predicted molar refractivity (Wildman–Crippen MR) is 63.8 cm³/mol. The number of aromatic nitrogens is 3.